The molecule has 0 aromatic carbocycles. The fourth-order valence-corrected chi connectivity index (χ4v) is 1.10. The molecular formula is C10H20N2. The van der Waals surface area contributed by atoms with Gasteiger partial charge in [0.15, 0.2) is 0 Å². The molecule has 2 N–H and O–H groups in total. The zero-order valence-corrected chi connectivity index (χ0v) is 7.84. The molecule has 0 aliphatic heterocycles. The van der Waals surface area contributed by atoms with Crippen molar-refractivity contribution in [1.82, 2.24) is 4.90 Å². The van der Waals surface area contributed by atoms with Gasteiger partial charge in [0.2, 0.25) is 0 Å². The Labute approximate surface area is 75.7 Å². The van der Waals surface area contributed by atoms with Crippen LogP contribution in [0.2, 0.25) is 0 Å². The third-order valence-electron chi connectivity index (χ3n) is 1.70. The summed E-state index contributed by atoms with van der Waals surface area (Å²) in [5, 5.41) is 0. The molecule has 0 atom stereocenters. The summed E-state index contributed by atoms with van der Waals surface area (Å²) >= 11 is 0. The van der Waals surface area contributed by atoms with Crippen LogP contribution >= 0.6 is 0 Å². The van der Waals surface area contributed by atoms with Crippen LogP contribution in [0, 0.1) is 0 Å². The Bertz CT molecular complexity index is 111. The summed E-state index contributed by atoms with van der Waals surface area (Å²) in [5.41, 5.74) is 5.40. The monoisotopic (exact) mass is 168 g/mol. The van der Waals surface area contributed by atoms with Gasteiger partial charge in [-0.25, -0.2) is 0 Å². The van der Waals surface area contributed by atoms with Crippen molar-refractivity contribution in [3.63, 3.8) is 0 Å². The summed E-state index contributed by atoms with van der Waals surface area (Å²) in [6.45, 7) is 11.2. The third-order valence-corrected chi connectivity index (χ3v) is 1.70. The maximum absolute atomic E-state index is 5.40. The van der Waals surface area contributed by atoms with E-state index in [1.165, 1.54) is 0 Å². The summed E-state index contributed by atoms with van der Waals surface area (Å²) in [5.74, 6) is 0. The summed E-state index contributed by atoms with van der Waals surface area (Å²) in [7, 11) is 0. The average molecular weight is 168 g/mol. The molecule has 0 saturated heterocycles. The highest BCUT2D eigenvalue weighted by Crippen LogP contribution is 1.94. The van der Waals surface area contributed by atoms with E-state index in [0.29, 0.717) is 0 Å². The van der Waals surface area contributed by atoms with Gasteiger partial charge in [-0.1, -0.05) is 12.2 Å². The van der Waals surface area contributed by atoms with Crippen LogP contribution in [0.5, 0.6) is 0 Å². The highest BCUT2D eigenvalue weighted by molar-refractivity contribution is 4.79. The summed E-state index contributed by atoms with van der Waals surface area (Å²) < 4.78 is 0. The quantitative estimate of drug-likeness (QED) is 0.438. The first kappa shape index (κ1) is 11.4. The lowest BCUT2D eigenvalue weighted by molar-refractivity contribution is 0.327. The molecule has 0 amide bonds. The van der Waals surface area contributed by atoms with Crippen molar-refractivity contribution in [2.24, 2.45) is 5.73 Å². The predicted octanol–water partition coefficient (Wildman–Crippen LogP) is 1.40. The van der Waals surface area contributed by atoms with Gasteiger partial charge in [0, 0.05) is 13.1 Å². The fourth-order valence-electron chi connectivity index (χ4n) is 1.10. The Morgan fingerprint density at radius 2 is 1.67 bits per heavy atom. The zero-order valence-electron chi connectivity index (χ0n) is 7.84. The van der Waals surface area contributed by atoms with Crippen molar-refractivity contribution < 1.29 is 0 Å². The summed E-state index contributed by atoms with van der Waals surface area (Å²) in [6, 6.07) is 0. The van der Waals surface area contributed by atoms with Crippen molar-refractivity contribution >= 4 is 0 Å². The van der Waals surface area contributed by atoms with E-state index in [1.54, 1.807) is 0 Å². The molecule has 0 aromatic heterocycles. The van der Waals surface area contributed by atoms with Crippen molar-refractivity contribution in [3.05, 3.63) is 25.3 Å². The Morgan fingerprint density at radius 3 is 2.08 bits per heavy atom. The molecule has 0 fully saturated rings. The molecule has 0 spiro atoms. The molecule has 0 aliphatic rings. The van der Waals surface area contributed by atoms with Crippen LogP contribution in [0.3, 0.4) is 0 Å². The second-order valence-corrected chi connectivity index (χ2v) is 2.83. The van der Waals surface area contributed by atoms with Gasteiger partial charge >= 0.3 is 0 Å². The van der Waals surface area contributed by atoms with Gasteiger partial charge in [-0.2, -0.15) is 0 Å². The maximum atomic E-state index is 5.40. The number of nitrogens with two attached hydrogens (primary N) is 1. The number of hydrogen-bond acceptors (Lipinski definition) is 2. The lowest BCUT2D eigenvalue weighted by atomic mass is 10.3. The molecule has 2 nitrogen and oxygen atoms in total. The summed E-state index contributed by atoms with van der Waals surface area (Å²) in [4.78, 5) is 2.30. The van der Waals surface area contributed by atoms with E-state index in [-0.39, 0.29) is 0 Å². The zero-order chi connectivity index (χ0) is 9.23. The second-order valence-electron chi connectivity index (χ2n) is 2.83. The standard InChI is InChI=1S/C10H20N2/c1-3-8-12(9-4-2)10-6-5-7-11/h3-4H,1-2,5-11H2. The van der Waals surface area contributed by atoms with Crippen molar-refractivity contribution in [1.29, 1.82) is 0 Å². The van der Waals surface area contributed by atoms with Gasteiger partial charge in [0.05, 0.1) is 0 Å². The minimum atomic E-state index is 0.788. The minimum absolute atomic E-state index is 0.788. The van der Waals surface area contributed by atoms with Gasteiger partial charge in [0.1, 0.15) is 0 Å². The van der Waals surface area contributed by atoms with Crippen LogP contribution < -0.4 is 5.73 Å². The molecule has 0 aliphatic carbocycles. The van der Waals surface area contributed by atoms with E-state index in [1.807, 2.05) is 12.2 Å². The molecule has 0 aromatic rings. The highest BCUT2D eigenvalue weighted by Gasteiger charge is 1.98. The molecular weight excluding hydrogens is 148 g/mol. The Hall–Kier alpha value is -0.600. The molecule has 70 valence electrons. The molecule has 0 bridgehead atoms. The predicted molar refractivity (Wildman–Crippen MR) is 55.1 cm³/mol. The van der Waals surface area contributed by atoms with Gasteiger partial charge in [-0.3, -0.25) is 4.90 Å². The number of rotatable bonds is 8. The smallest absolute Gasteiger partial charge is 0.0163 e. The van der Waals surface area contributed by atoms with Gasteiger partial charge in [-0.05, 0) is 25.9 Å². The normalized spacial score (nSPS) is 10.2. The Kier molecular flexibility index (Phi) is 8.07. The van der Waals surface area contributed by atoms with Crippen LogP contribution in [0.25, 0.3) is 0 Å². The van der Waals surface area contributed by atoms with Crippen LogP contribution in [-0.4, -0.2) is 31.1 Å². The van der Waals surface area contributed by atoms with E-state index in [4.69, 9.17) is 5.73 Å². The first-order valence-corrected chi connectivity index (χ1v) is 4.49. The van der Waals surface area contributed by atoms with E-state index in [9.17, 15) is 0 Å². The van der Waals surface area contributed by atoms with Crippen LogP contribution in [-0.2, 0) is 0 Å². The number of unbranched alkanes of at least 4 members (excludes halogenated alkanes) is 1. The Balaban J connectivity index is 3.47. The molecule has 0 unspecified atom stereocenters. The lowest BCUT2D eigenvalue weighted by Crippen LogP contribution is -2.25. The van der Waals surface area contributed by atoms with Crippen LogP contribution in [0.4, 0.5) is 0 Å². The first-order valence-electron chi connectivity index (χ1n) is 4.49. The van der Waals surface area contributed by atoms with E-state index in [2.05, 4.69) is 18.1 Å². The van der Waals surface area contributed by atoms with Crippen LogP contribution in [0.1, 0.15) is 12.8 Å². The van der Waals surface area contributed by atoms with Gasteiger partial charge in [-0.15, -0.1) is 13.2 Å². The van der Waals surface area contributed by atoms with Crippen molar-refractivity contribution in [2.75, 3.05) is 26.2 Å². The minimum Gasteiger partial charge on any atom is -0.330 e. The topological polar surface area (TPSA) is 29.3 Å². The summed E-state index contributed by atoms with van der Waals surface area (Å²) in [6.07, 6.45) is 6.11. The van der Waals surface area contributed by atoms with Crippen molar-refractivity contribution in [2.45, 2.75) is 12.8 Å². The SMILES string of the molecule is C=CCN(CC=C)CCCCN. The van der Waals surface area contributed by atoms with Gasteiger partial charge in [0.25, 0.3) is 0 Å². The number of nitrogens with zero attached hydrogens (tertiary/aromatic N) is 1. The largest absolute Gasteiger partial charge is 0.330 e. The average Bonchev–Trinajstić information content (AvgIpc) is 2.06. The maximum Gasteiger partial charge on any atom is 0.0163 e. The Morgan fingerprint density at radius 1 is 1.08 bits per heavy atom. The molecule has 2 heteroatoms. The number of hydrogen-bond donors (Lipinski definition) is 1. The second kappa shape index (κ2) is 8.50. The first-order chi connectivity index (χ1) is 5.85. The highest BCUT2D eigenvalue weighted by atomic mass is 15.1. The van der Waals surface area contributed by atoms with Crippen molar-refractivity contribution in [3.8, 4) is 0 Å². The molecule has 0 radical (unpaired) electrons. The van der Waals surface area contributed by atoms with Gasteiger partial charge < -0.3 is 5.73 Å². The molecule has 0 rings (SSSR count). The molecule has 12 heavy (non-hydrogen) atoms. The third kappa shape index (κ3) is 6.13. The van der Waals surface area contributed by atoms with E-state index >= 15 is 0 Å². The molecule has 0 saturated carbocycles. The lowest BCUT2D eigenvalue weighted by Gasteiger charge is -2.17. The van der Waals surface area contributed by atoms with Crippen LogP contribution in [0.15, 0.2) is 25.3 Å². The molecule has 0 heterocycles. The van der Waals surface area contributed by atoms with E-state index < -0.39 is 0 Å². The fraction of sp³-hybridized carbons (Fsp3) is 0.600. The van der Waals surface area contributed by atoms with E-state index in [0.717, 1.165) is 39.0 Å².